The lowest BCUT2D eigenvalue weighted by atomic mass is 9.70. The highest BCUT2D eigenvalue weighted by atomic mass is 79.9. The molecule has 0 aliphatic heterocycles. The number of carbonyl (C=O) groups is 1. The Morgan fingerprint density at radius 1 is 0.291 bits per heavy atom. The highest BCUT2D eigenvalue weighted by Crippen LogP contribution is 2.63. The van der Waals surface area contributed by atoms with Crippen molar-refractivity contribution in [3.8, 4) is 44.5 Å². The molecule has 0 unspecified atom stereocenters. The van der Waals surface area contributed by atoms with Gasteiger partial charge in [-0.15, -0.1) is 0 Å². The molecule has 55 heavy (non-hydrogen) atoms. The van der Waals surface area contributed by atoms with Gasteiger partial charge in [-0.2, -0.15) is 0 Å². The van der Waals surface area contributed by atoms with Crippen molar-refractivity contribution in [2.24, 2.45) is 0 Å². The minimum atomic E-state index is -0.219. The van der Waals surface area contributed by atoms with Crippen molar-refractivity contribution >= 4 is 53.6 Å². The molecule has 0 bridgehead atoms. The molecule has 3 aliphatic carbocycles. The molecule has 4 heteroatoms. The molecular formula is C51H35Br3O. The van der Waals surface area contributed by atoms with Crippen LogP contribution in [-0.4, -0.2) is 5.78 Å². The van der Waals surface area contributed by atoms with Crippen LogP contribution in [0.15, 0.2) is 201 Å². The fraction of sp³-hybridized carbons (Fsp3) is 0.0392. The van der Waals surface area contributed by atoms with E-state index >= 15 is 0 Å². The Labute approximate surface area is 348 Å². The number of carbonyl (C=O) groups excluding carboxylic acids is 1. The molecule has 0 aromatic heterocycles. The average Bonchev–Trinajstić information content (AvgIpc) is 3.81. The summed E-state index contributed by atoms with van der Waals surface area (Å²) in [6, 6.07) is 65.2. The number of rotatable bonds is 1. The van der Waals surface area contributed by atoms with E-state index in [-0.39, 0.29) is 18.6 Å². The molecule has 1 nitrogen and oxygen atoms in total. The molecule has 0 saturated carbocycles. The predicted octanol–water partition coefficient (Wildman–Crippen LogP) is 15.2. The molecule has 0 fully saturated rings. The fourth-order valence-corrected chi connectivity index (χ4v) is 10.0. The van der Waals surface area contributed by atoms with Crippen molar-refractivity contribution in [2.75, 3.05) is 0 Å². The Hall–Kier alpha value is -5.13. The molecule has 3 aliphatic rings. The summed E-state index contributed by atoms with van der Waals surface area (Å²) < 4.78 is 3.40. The van der Waals surface area contributed by atoms with Crippen LogP contribution in [0.2, 0.25) is 0 Å². The lowest BCUT2D eigenvalue weighted by Crippen LogP contribution is -2.25. The van der Waals surface area contributed by atoms with E-state index in [1.165, 1.54) is 60.1 Å². The summed E-state index contributed by atoms with van der Waals surface area (Å²) in [5.41, 5.74) is 16.9. The monoisotopic (exact) mass is 900 g/mol. The third-order valence-electron chi connectivity index (χ3n) is 10.6. The topological polar surface area (TPSA) is 17.1 Å². The van der Waals surface area contributed by atoms with Gasteiger partial charge >= 0.3 is 0 Å². The number of hydrogen-bond acceptors (Lipinski definition) is 1. The first-order valence-electron chi connectivity index (χ1n) is 17.8. The lowest BCUT2D eigenvalue weighted by Gasteiger charge is -2.30. The van der Waals surface area contributed by atoms with Gasteiger partial charge < -0.3 is 0 Å². The first-order chi connectivity index (χ1) is 26.5. The average molecular weight is 904 g/mol. The van der Waals surface area contributed by atoms with E-state index in [1.807, 2.05) is 72.8 Å². The molecule has 8 aromatic rings. The first kappa shape index (κ1) is 36.8. The summed E-state index contributed by atoms with van der Waals surface area (Å²) in [5.74, 6) is 0.149. The molecule has 0 amide bonds. The quantitative estimate of drug-likeness (QED) is 0.160. The standard InChI is InChI=1S/C25H15Br.C13H8O.C12H8Br2.CH4/c26-23-15-7-14-22-24(23)18-10-3-6-13-21(18)25(22)19-11-4-1-8-16(19)17-9-2-5-12-20(17)25;14-13-11-7-3-1-5-9(11)10-6-2-4-8-12(10)13;13-11-7-3-1-5-9(11)10-6-2-4-8-12(10)14;/h1-15H;2*1-8H;1H4. The summed E-state index contributed by atoms with van der Waals surface area (Å²) in [4.78, 5) is 11.9. The minimum Gasteiger partial charge on any atom is -0.289 e. The maximum absolute atomic E-state index is 11.9. The van der Waals surface area contributed by atoms with Crippen molar-refractivity contribution in [3.05, 3.63) is 235 Å². The van der Waals surface area contributed by atoms with Crippen LogP contribution < -0.4 is 0 Å². The predicted molar refractivity (Wildman–Crippen MR) is 240 cm³/mol. The second kappa shape index (κ2) is 15.2. The van der Waals surface area contributed by atoms with Gasteiger partial charge in [-0.05, 0) is 79.4 Å². The van der Waals surface area contributed by atoms with Crippen LogP contribution in [0.3, 0.4) is 0 Å². The van der Waals surface area contributed by atoms with Gasteiger partial charge in [0.2, 0.25) is 0 Å². The molecule has 0 N–H and O–H groups in total. The zero-order valence-corrected chi connectivity index (χ0v) is 33.7. The van der Waals surface area contributed by atoms with Crippen molar-refractivity contribution in [2.45, 2.75) is 12.8 Å². The van der Waals surface area contributed by atoms with Gasteiger partial charge in [0.15, 0.2) is 5.78 Å². The molecule has 266 valence electrons. The van der Waals surface area contributed by atoms with Crippen LogP contribution in [0.1, 0.15) is 45.6 Å². The first-order valence-corrected chi connectivity index (χ1v) is 20.2. The Balaban J connectivity index is 0.000000126. The second-order valence-corrected chi connectivity index (χ2v) is 16.0. The highest BCUT2D eigenvalue weighted by molar-refractivity contribution is 9.11. The normalized spacial score (nSPS) is 12.7. The summed E-state index contributed by atoms with van der Waals surface area (Å²) in [6.07, 6.45) is 0. The van der Waals surface area contributed by atoms with Crippen LogP contribution in [-0.2, 0) is 5.41 Å². The number of ketones is 1. The van der Waals surface area contributed by atoms with Crippen LogP contribution in [0, 0.1) is 0 Å². The van der Waals surface area contributed by atoms with E-state index in [0.29, 0.717) is 0 Å². The van der Waals surface area contributed by atoms with Gasteiger partial charge in [0.05, 0.1) is 5.41 Å². The largest absolute Gasteiger partial charge is 0.289 e. The number of benzene rings is 8. The van der Waals surface area contributed by atoms with E-state index in [1.54, 1.807) is 0 Å². The highest BCUT2D eigenvalue weighted by Gasteiger charge is 2.51. The van der Waals surface area contributed by atoms with Crippen molar-refractivity contribution in [1.29, 1.82) is 0 Å². The van der Waals surface area contributed by atoms with E-state index in [2.05, 4.69) is 163 Å². The van der Waals surface area contributed by atoms with Gasteiger partial charge in [-0.25, -0.2) is 0 Å². The SMILES string of the molecule is Brc1cccc2c1-c1ccccc1C21c2ccccc2-c2ccccc21.Brc1ccccc1-c1ccccc1Br.C.O=C1c2ccccc2-c2ccccc21. The van der Waals surface area contributed by atoms with E-state index in [9.17, 15) is 4.79 Å². The molecule has 8 aromatic carbocycles. The molecule has 0 atom stereocenters. The van der Waals surface area contributed by atoms with Crippen LogP contribution in [0.5, 0.6) is 0 Å². The van der Waals surface area contributed by atoms with Crippen LogP contribution in [0.25, 0.3) is 44.5 Å². The van der Waals surface area contributed by atoms with Crippen molar-refractivity contribution < 1.29 is 4.79 Å². The van der Waals surface area contributed by atoms with Gasteiger partial charge in [0.1, 0.15) is 0 Å². The number of halogens is 3. The van der Waals surface area contributed by atoms with Gasteiger partial charge in [0.25, 0.3) is 0 Å². The number of hydrogen-bond donors (Lipinski definition) is 0. The van der Waals surface area contributed by atoms with Gasteiger partial charge in [0, 0.05) is 30.1 Å². The summed E-state index contributed by atoms with van der Waals surface area (Å²) in [7, 11) is 0. The summed E-state index contributed by atoms with van der Waals surface area (Å²) in [5, 5.41) is 0. The Morgan fingerprint density at radius 3 is 1.05 bits per heavy atom. The lowest BCUT2D eigenvalue weighted by molar-refractivity contribution is 0.104. The van der Waals surface area contributed by atoms with E-state index in [4.69, 9.17) is 0 Å². The fourth-order valence-electron chi connectivity index (χ4n) is 8.44. The van der Waals surface area contributed by atoms with Crippen molar-refractivity contribution in [1.82, 2.24) is 0 Å². The van der Waals surface area contributed by atoms with Crippen LogP contribution in [0.4, 0.5) is 0 Å². The maximum Gasteiger partial charge on any atom is 0.194 e. The minimum absolute atomic E-state index is 0. The number of fused-ring (bicyclic) bond motifs is 13. The molecule has 1 spiro atoms. The van der Waals surface area contributed by atoms with E-state index < -0.39 is 0 Å². The van der Waals surface area contributed by atoms with Gasteiger partial charge in [-0.3, -0.25) is 4.79 Å². The third kappa shape index (κ3) is 5.99. The zero-order chi connectivity index (χ0) is 36.8. The Kier molecular flexibility index (Phi) is 10.2. The maximum atomic E-state index is 11.9. The molecule has 0 radical (unpaired) electrons. The smallest absolute Gasteiger partial charge is 0.194 e. The molecule has 0 saturated heterocycles. The molecular weight excluding hydrogens is 868 g/mol. The summed E-state index contributed by atoms with van der Waals surface area (Å²) >= 11 is 10.9. The second-order valence-electron chi connectivity index (χ2n) is 13.4. The molecule has 0 heterocycles. The van der Waals surface area contributed by atoms with Crippen LogP contribution >= 0.6 is 47.8 Å². The summed E-state index contributed by atoms with van der Waals surface area (Å²) in [6.45, 7) is 0. The zero-order valence-electron chi connectivity index (χ0n) is 28.9. The molecule has 11 rings (SSSR count). The third-order valence-corrected chi connectivity index (χ3v) is 12.7. The Morgan fingerprint density at radius 2 is 0.600 bits per heavy atom. The van der Waals surface area contributed by atoms with Gasteiger partial charge in [-0.1, -0.05) is 225 Å². The van der Waals surface area contributed by atoms with Crippen molar-refractivity contribution in [3.63, 3.8) is 0 Å². The Bertz CT molecular complexity index is 2610. The van der Waals surface area contributed by atoms with E-state index in [0.717, 1.165) is 31.2 Å².